The van der Waals surface area contributed by atoms with Crippen molar-refractivity contribution in [2.24, 2.45) is 5.92 Å². The van der Waals surface area contributed by atoms with Gasteiger partial charge in [-0.05, 0) is 25.0 Å². The van der Waals surface area contributed by atoms with Crippen molar-refractivity contribution in [3.05, 3.63) is 23.3 Å². The molecule has 1 aliphatic carbocycles. The van der Waals surface area contributed by atoms with Crippen molar-refractivity contribution in [1.29, 1.82) is 0 Å². The van der Waals surface area contributed by atoms with E-state index in [9.17, 15) is 0 Å². The van der Waals surface area contributed by atoms with E-state index < -0.39 is 0 Å². The molecule has 0 saturated heterocycles. The Hall–Kier alpha value is -0.520. The first kappa shape index (κ1) is 5.61. The van der Waals surface area contributed by atoms with Crippen LogP contribution in [0, 0.1) is 5.92 Å². The summed E-state index contributed by atoms with van der Waals surface area (Å²) in [6, 6.07) is 0. The molecule has 0 aliphatic heterocycles. The second-order valence-corrected chi connectivity index (χ2v) is 2.55. The van der Waals surface area contributed by atoms with Gasteiger partial charge < -0.3 is 0 Å². The summed E-state index contributed by atoms with van der Waals surface area (Å²) >= 11 is 0. The molecule has 1 atom stereocenters. The second-order valence-electron chi connectivity index (χ2n) is 2.55. The molecule has 0 aromatic heterocycles. The van der Waals surface area contributed by atoms with Crippen LogP contribution in [-0.2, 0) is 0 Å². The quantitative estimate of drug-likeness (QED) is 0.447. The van der Waals surface area contributed by atoms with Crippen molar-refractivity contribution in [1.82, 2.24) is 0 Å². The van der Waals surface area contributed by atoms with E-state index in [1.165, 1.54) is 16.7 Å². The van der Waals surface area contributed by atoms with Crippen molar-refractivity contribution in [2.75, 3.05) is 0 Å². The third kappa shape index (κ3) is 0.459. The molecule has 0 aromatic carbocycles. The number of rotatable bonds is 0. The van der Waals surface area contributed by atoms with Crippen molar-refractivity contribution in [2.45, 2.75) is 20.8 Å². The van der Waals surface area contributed by atoms with Crippen LogP contribution < -0.4 is 0 Å². The van der Waals surface area contributed by atoms with Crippen LogP contribution in [0.3, 0.4) is 0 Å². The molecule has 0 saturated carbocycles. The predicted octanol–water partition coefficient (Wildman–Crippen LogP) is 2.53. The Morgan fingerprint density at radius 2 is 1.88 bits per heavy atom. The highest BCUT2D eigenvalue weighted by Gasteiger charge is 2.21. The minimum absolute atomic E-state index is 0.662. The minimum Gasteiger partial charge on any atom is -0.0950 e. The van der Waals surface area contributed by atoms with Gasteiger partial charge in [0.05, 0.1) is 0 Å². The van der Waals surface area contributed by atoms with Gasteiger partial charge in [-0.15, -0.1) is 0 Å². The van der Waals surface area contributed by atoms with Crippen LogP contribution >= 0.6 is 0 Å². The molecule has 44 valence electrons. The molecule has 0 nitrogen and oxygen atoms in total. The molecule has 0 heteroatoms. The van der Waals surface area contributed by atoms with Gasteiger partial charge >= 0.3 is 0 Å². The SMILES string of the molecule is C=C1C(C)=C(C)[C@@H]1C. The first-order valence-electron chi connectivity index (χ1n) is 3.01. The molecule has 0 aromatic rings. The van der Waals surface area contributed by atoms with E-state index in [2.05, 4.69) is 27.4 Å². The molecule has 0 amide bonds. The zero-order valence-corrected chi connectivity index (χ0v) is 5.78. The van der Waals surface area contributed by atoms with Crippen LogP contribution in [0.4, 0.5) is 0 Å². The van der Waals surface area contributed by atoms with Gasteiger partial charge in [0.2, 0.25) is 0 Å². The second kappa shape index (κ2) is 1.48. The van der Waals surface area contributed by atoms with Crippen LogP contribution in [0.1, 0.15) is 20.8 Å². The molecule has 0 N–H and O–H groups in total. The largest absolute Gasteiger partial charge is 0.0950 e. The Kier molecular flexibility index (Phi) is 1.04. The molecule has 0 fully saturated rings. The fraction of sp³-hybridized carbons (Fsp3) is 0.500. The number of hydrogen-bond acceptors (Lipinski definition) is 0. The normalized spacial score (nSPS) is 28.4. The van der Waals surface area contributed by atoms with Crippen LogP contribution in [0.5, 0.6) is 0 Å². The van der Waals surface area contributed by atoms with Gasteiger partial charge in [-0.3, -0.25) is 0 Å². The molecule has 8 heavy (non-hydrogen) atoms. The Balaban J connectivity index is 2.90. The highest BCUT2D eigenvalue weighted by atomic mass is 14.3. The summed E-state index contributed by atoms with van der Waals surface area (Å²) < 4.78 is 0. The molecule has 0 spiro atoms. The van der Waals surface area contributed by atoms with Crippen LogP contribution in [0.25, 0.3) is 0 Å². The summed E-state index contributed by atoms with van der Waals surface area (Å²) in [5, 5.41) is 0. The fourth-order valence-electron chi connectivity index (χ4n) is 1.09. The molecule has 0 heterocycles. The first-order chi connectivity index (χ1) is 3.64. The third-order valence-electron chi connectivity index (χ3n) is 2.25. The van der Waals surface area contributed by atoms with Gasteiger partial charge in [0.25, 0.3) is 0 Å². The minimum atomic E-state index is 0.662. The Bertz CT molecular complexity index is 161. The highest BCUT2D eigenvalue weighted by molar-refractivity contribution is 5.47. The van der Waals surface area contributed by atoms with E-state index >= 15 is 0 Å². The maximum Gasteiger partial charge on any atom is 0.00196 e. The average molecular weight is 108 g/mol. The summed E-state index contributed by atoms with van der Waals surface area (Å²) in [4.78, 5) is 0. The number of allylic oxidation sites excluding steroid dienone is 3. The number of hydrogen-bond donors (Lipinski definition) is 0. The van der Waals surface area contributed by atoms with E-state index in [1.807, 2.05) is 0 Å². The molecular weight excluding hydrogens is 96.1 g/mol. The zero-order chi connectivity index (χ0) is 6.31. The lowest BCUT2D eigenvalue weighted by Crippen LogP contribution is -2.14. The van der Waals surface area contributed by atoms with Gasteiger partial charge in [0.15, 0.2) is 0 Å². The van der Waals surface area contributed by atoms with Crippen LogP contribution in [0.15, 0.2) is 23.3 Å². The summed E-state index contributed by atoms with van der Waals surface area (Å²) in [6.07, 6.45) is 0. The zero-order valence-electron chi connectivity index (χ0n) is 5.78. The lowest BCUT2D eigenvalue weighted by Gasteiger charge is -2.29. The predicted molar refractivity (Wildman–Crippen MR) is 36.7 cm³/mol. The van der Waals surface area contributed by atoms with Crippen molar-refractivity contribution in [3.8, 4) is 0 Å². The molecule has 1 rings (SSSR count). The van der Waals surface area contributed by atoms with Crippen molar-refractivity contribution >= 4 is 0 Å². The molecule has 0 bridgehead atoms. The first-order valence-corrected chi connectivity index (χ1v) is 3.01. The molecule has 0 radical (unpaired) electrons. The van der Waals surface area contributed by atoms with E-state index in [0.717, 1.165) is 0 Å². The monoisotopic (exact) mass is 108 g/mol. The van der Waals surface area contributed by atoms with Crippen LogP contribution in [0.2, 0.25) is 0 Å². The van der Waals surface area contributed by atoms with Gasteiger partial charge in [-0.2, -0.15) is 0 Å². The maximum atomic E-state index is 3.92. The van der Waals surface area contributed by atoms with Crippen LogP contribution in [-0.4, -0.2) is 0 Å². The Morgan fingerprint density at radius 3 is 2.00 bits per heavy atom. The fourth-order valence-corrected chi connectivity index (χ4v) is 1.09. The van der Waals surface area contributed by atoms with Crippen molar-refractivity contribution < 1.29 is 0 Å². The third-order valence-corrected chi connectivity index (χ3v) is 2.25. The molecule has 0 unspecified atom stereocenters. The van der Waals surface area contributed by atoms with E-state index in [-0.39, 0.29) is 0 Å². The topological polar surface area (TPSA) is 0 Å². The van der Waals surface area contributed by atoms with E-state index in [1.54, 1.807) is 0 Å². The molecular formula is C8H12. The standard InChI is InChI=1S/C8H12/c1-5-6(2)8(4)7(5)3/h6H,1H2,2-4H3/t6-/m1/s1. The smallest absolute Gasteiger partial charge is 0.00196 e. The van der Waals surface area contributed by atoms with Gasteiger partial charge in [0, 0.05) is 5.92 Å². The van der Waals surface area contributed by atoms with E-state index in [4.69, 9.17) is 0 Å². The highest BCUT2D eigenvalue weighted by Crippen LogP contribution is 2.37. The van der Waals surface area contributed by atoms with Gasteiger partial charge in [-0.1, -0.05) is 19.1 Å². The average Bonchev–Trinajstić information content (AvgIpc) is 1.83. The van der Waals surface area contributed by atoms with Crippen molar-refractivity contribution in [3.63, 3.8) is 0 Å². The maximum absolute atomic E-state index is 3.92. The van der Waals surface area contributed by atoms with Gasteiger partial charge in [0.1, 0.15) is 0 Å². The summed E-state index contributed by atoms with van der Waals surface area (Å²) in [5.41, 5.74) is 4.25. The lowest BCUT2D eigenvalue weighted by atomic mass is 9.76. The van der Waals surface area contributed by atoms with E-state index in [0.29, 0.717) is 5.92 Å². The molecule has 1 aliphatic rings. The van der Waals surface area contributed by atoms with Gasteiger partial charge in [-0.25, -0.2) is 0 Å². The summed E-state index contributed by atoms with van der Waals surface area (Å²) in [7, 11) is 0. The lowest BCUT2D eigenvalue weighted by molar-refractivity contribution is 0.730. The summed E-state index contributed by atoms with van der Waals surface area (Å²) in [5.74, 6) is 0.662. The summed E-state index contributed by atoms with van der Waals surface area (Å²) in [6.45, 7) is 10.4. The Morgan fingerprint density at radius 1 is 1.38 bits per heavy atom. The Labute approximate surface area is 50.9 Å².